The van der Waals surface area contributed by atoms with Crippen LogP contribution in [0.25, 0.3) is 10.8 Å². The summed E-state index contributed by atoms with van der Waals surface area (Å²) in [6, 6.07) is 3.52. The molecule has 1 amide bonds. The minimum atomic E-state index is -4.35. The van der Waals surface area contributed by atoms with E-state index in [2.05, 4.69) is 9.97 Å². The molecule has 0 saturated carbocycles. The van der Waals surface area contributed by atoms with Crippen molar-refractivity contribution >= 4 is 17.2 Å². The van der Waals surface area contributed by atoms with E-state index in [4.69, 9.17) is 4.42 Å². The molecule has 0 aliphatic heterocycles. The van der Waals surface area contributed by atoms with E-state index < -0.39 is 12.7 Å². The Kier molecular flexibility index (Phi) is 5.12. The van der Waals surface area contributed by atoms with Gasteiger partial charge in [0.2, 0.25) is 5.91 Å². The predicted octanol–water partition coefficient (Wildman–Crippen LogP) is 3.36. The van der Waals surface area contributed by atoms with Crippen molar-refractivity contribution in [3.8, 4) is 10.8 Å². The molecule has 3 heterocycles. The number of hydrogen-bond acceptors (Lipinski definition) is 5. The van der Waals surface area contributed by atoms with Gasteiger partial charge in [0, 0.05) is 24.8 Å². The predicted molar refractivity (Wildman–Crippen MR) is 88.3 cm³/mol. The molecule has 10 heteroatoms. The van der Waals surface area contributed by atoms with E-state index in [0.717, 1.165) is 4.57 Å². The molecule has 138 valence electrons. The first-order valence-electron chi connectivity index (χ1n) is 7.61. The van der Waals surface area contributed by atoms with Crippen LogP contribution < -0.4 is 0 Å². The number of thiazole rings is 1. The van der Waals surface area contributed by atoms with Crippen molar-refractivity contribution in [2.45, 2.75) is 25.7 Å². The average Bonchev–Trinajstić information content (AvgIpc) is 3.27. The van der Waals surface area contributed by atoms with Crippen LogP contribution in [0.2, 0.25) is 0 Å². The van der Waals surface area contributed by atoms with Crippen molar-refractivity contribution in [1.29, 1.82) is 0 Å². The molecule has 0 spiro atoms. The van der Waals surface area contributed by atoms with Crippen molar-refractivity contribution < 1.29 is 22.4 Å². The lowest BCUT2D eigenvalue weighted by Gasteiger charge is -2.18. The Balaban J connectivity index is 1.61. The van der Waals surface area contributed by atoms with Crippen LogP contribution >= 0.6 is 11.3 Å². The van der Waals surface area contributed by atoms with E-state index in [1.807, 2.05) is 0 Å². The molecule has 0 atom stereocenters. The summed E-state index contributed by atoms with van der Waals surface area (Å²) in [5.74, 6) is 0.534. The molecule has 0 aliphatic rings. The van der Waals surface area contributed by atoms with Crippen LogP contribution in [0.4, 0.5) is 13.2 Å². The van der Waals surface area contributed by atoms with E-state index in [1.165, 1.54) is 35.7 Å². The lowest BCUT2D eigenvalue weighted by atomic mass is 10.3. The van der Waals surface area contributed by atoms with Gasteiger partial charge in [0.25, 0.3) is 0 Å². The normalized spacial score (nSPS) is 11.7. The summed E-state index contributed by atoms with van der Waals surface area (Å²) >= 11 is 1.36. The fraction of sp³-hybridized carbons (Fsp3) is 0.312. The lowest BCUT2D eigenvalue weighted by molar-refractivity contribution is -0.141. The molecule has 0 aromatic carbocycles. The SMILES string of the molecule is CN(Cc1nccn1CC(F)(F)F)C(=O)Cc1csc(-c2ccco2)n1. The highest BCUT2D eigenvalue weighted by molar-refractivity contribution is 7.13. The van der Waals surface area contributed by atoms with Crippen molar-refractivity contribution in [2.24, 2.45) is 0 Å². The second-order valence-corrected chi connectivity index (χ2v) is 6.49. The van der Waals surface area contributed by atoms with Gasteiger partial charge in [-0.2, -0.15) is 13.2 Å². The van der Waals surface area contributed by atoms with E-state index >= 15 is 0 Å². The van der Waals surface area contributed by atoms with Crippen LogP contribution in [0.3, 0.4) is 0 Å². The Hall–Kier alpha value is -2.62. The topological polar surface area (TPSA) is 64.2 Å². The summed E-state index contributed by atoms with van der Waals surface area (Å²) in [6.07, 6.45) is -0.223. The standard InChI is InChI=1S/C16H15F3N4O2S/c1-22(8-13-20-4-5-23(13)10-16(17,18)19)14(24)7-11-9-26-15(21-11)12-3-2-6-25-12/h2-6,9H,7-8,10H2,1H3. The number of rotatable bonds is 6. The molecule has 3 aromatic heterocycles. The van der Waals surface area contributed by atoms with Crippen LogP contribution in [0, 0.1) is 0 Å². The van der Waals surface area contributed by atoms with Crippen molar-refractivity contribution in [3.05, 3.63) is 47.7 Å². The van der Waals surface area contributed by atoms with Gasteiger partial charge in [0.15, 0.2) is 10.8 Å². The molecule has 3 aromatic rings. The molecule has 6 nitrogen and oxygen atoms in total. The number of alkyl halides is 3. The number of carbonyl (C=O) groups is 1. The van der Waals surface area contributed by atoms with Crippen LogP contribution in [0.15, 0.2) is 40.6 Å². The van der Waals surface area contributed by atoms with Gasteiger partial charge < -0.3 is 13.9 Å². The first-order chi connectivity index (χ1) is 12.3. The number of amides is 1. The lowest BCUT2D eigenvalue weighted by Crippen LogP contribution is -2.30. The molecule has 0 unspecified atom stereocenters. The number of carbonyl (C=O) groups excluding carboxylic acids is 1. The maximum Gasteiger partial charge on any atom is 0.406 e. The van der Waals surface area contributed by atoms with E-state index in [0.29, 0.717) is 16.5 Å². The molecule has 0 fully saturated rings. The highest BCUT2D eigenvalue weighted by Crippen LogP contribution is 2.24. The number of halogens is 3. The highest BCUT2D eigenvalue weighted by Gasteiger charge is 2.29. The number of nitrogens with zero attached hydrogens (tertiary/aromatic N) is 4. The fourth-order valence-corrected chi connectivity index (χ4v) is 3.11. The number of imidazole rings is 1. The molecule has 26 heavy (non-hydrogen) atoms. The van der Waals surface area contributed by atoms with Crippen LogP contribution in [-0.2, 0) is 24.3 Å². The summed E-state index contributed by atoms with van der Waals surface area (Å²) in [5.41, 5.74) is 0.580. The molecule has 0 saturated heterocycles. The molecule has 3 rings (SSSR count). The number of likely N-dealkylation sites (N-methyl/N-ethyl adjacent to an activating group) is 1. The second kappa shape index (κ2) is 7.32. The number of hydrogen-bond donors (Lipinski definition) is 0. The monoisotopic (exact) mass is 384 g/mol. The molecule has 0 radical (unpaired) electrons. The Bertz CT molecular complexity index is 870. The summed E-state index contributed by atoms with van der Waals surface area (Å²) in [6.45, 7) is -1.15. The van der Waals surface area contributed by atoms with Crippen LogP contribution in [-0.4, -0.2) is 38.6 Å². The van der Waals surface area contributed by atoms with Gasteiger partial charge in [-0.05, 0) is 12.1 Å². The van der Waals surface area contributed by atoms with Gasteiger partial charge >= 0.3 is 6.18 Å². The fourth-order valence-electron chi connectivity index (χ4n) is 2.32. The third kappa shape index (κ3) is 4.51. The Morgan fingerprint density at radius 3 is 2.92 bits per heavy atom. The van der Waals surface area contributed by atoms with Crippen molar-refractivity contribution in [3.63, 3.8) is 0 Å². The van der Waals surface area contributed by atoms with Gasteiger partial charge in [0.1, 0.15) is 12.4 Å². The Labute approximate surface area is 150 Å². The molecule has 0 N–H and O–H groups in total. The smallest absolute Gasteiger partial charge is 0.406 e. The Morgan fingerprint density at radius 1 is 1.42 bits per heavy atom. The summed E-state index contributed by atoms with van der Waals surface area (Å²) in [4.78, 5) is 21.9. The van der Waals surface area contributed by atoms with Gasteiger partial charge in [-0.15, -0.1) is 11.3 Å². The molecule has 0 aliphatic carbocycles. The third-order valence-electron chi connectivity index (χ3n) is 3.57. The average molecular weight is 384 g/mol. The minimum absolute atomic E-state index is 0.0168. The Morgan fingerprint density at radius 2 is 2.23 bits per heavy atom. The van der Waals surface area contributed by atoms with Crippen molar-refractivity contribution in [2.75, 3.05) is 7.05 Å². The second-order valence-electron chi connectivity index (χ2n) is 5.63. The largest absolute Gasteiger partial charge is 0.462 e. The molecule has 0 bridgehead atoms. The van der Waals surface area contributed by atoms with Crippen molar-refractivity contribution in [1.82, 2.24) is 19.4 Å². The number of aromatic nitrogens is 3. The minimum Gasteiger partial charge on any atom is -0.462 e. The zero-order chi connectivity index (χ0) is 18.7. The first-order valence-corrected chi connectivity index (χ1v) is 8.49. The quantitative estimate of drug-likeness (QED) is 0.654. The van der Waals surface area contributed by atoms with Gasteiger partial charge in [-0.25, -0.2) is 9.97 Å². The number of furan rings is 1. The van der Waals surface area contributed by atoms with Gasteiger partial charge in [-0.1, -0.05) is 0 Å². The zero-order valence-corrected chi connectivity index (χ0v) is 14.5. The third-order valence-corrected chi connectivity index (χ3v) is 4.48. The first kappa shape index (κ1) is 18.2. The summed E-state index contributed by atoms with van der Waals surface area (Å²) < 4.78 is 43.9. The molecular formula is C16H15F3N4O2S. The maximum atomic E-state index is 12.6. The van der Waals surface area contributed by atoms with Crippen LogP contribution in [0.1, 0.15) is 11.5 Å². The van der Waals surface area contributed by atoms with E-state index in [-0.39, 0.29) is 24.7 Å². The molecular weight excluding hydrogens is 369 g/mol. The van der Waals surface area contributed by atoms with Crippen LogP contribution in [0.5, 0.6) is 0 Å². The van der Waals surface area contributed by atoms with E-state index in [1.54, 1.807) is 23.8 Å². The summed E-state index contributed by atoms with van der Waals surface area (Å²) in [5, 5.41) is 2.43. The summed E-state index contributed by atoms with van der Waals surface area (Å²) in [7, 11) is 1.52. The highest BCUT2D eigenvalue weighted by atomic mass is 32.1. The van der Waals surface area contributed by atoms with E-state index in [9.17, 15) is 18.0 Å². The van der Waals surface area contributed by atoms with Gasteiger partial charge in [-0.3, -0.25) is 4.79 Å². The maximum absolute atomic E-state index is 12.6. The zero-order valence-electron chi connectivity index (χ0n) is 13.7. The van der Waals surface area contributed by atoms with Gasteiger partial charge in [0.05, 0.1) is 24.9 Å².